The summed E-state index contributed by atoms with van der Waals surface area (Å²) < 4.78 is 6.80. The zero-order valence-corrected chi connectivity index (χ0v) is 18.3. The average Bonchev–Trinajstić information content (AvgIpc) is 3.43. The van der Waals surface area contributed by atoms with Crippen molar-refractivity contribution in [3.05, 3.63) is 77.5 Å². The van der Waals surface area contributed by atoms with Crippen LogP contribution in [0.1, 0.15) is 39.4 Å². The Morgan fingerprint density at radius 2 is 2.06 bits per heavy atom. The minimum atomic E-state index is -1.06. The van der Waals surface area contributed by atoms with Crippen molar-refractivity contribution in [1.29, 1.82) is 0 Å². The summed E-state index contributed by atoms with van der Waals surface area (Å²) in [5.41, 5.74) is 2.71. The number of nitrogens with zero attached hydrogens (tertiary/aromatic N) is 5. The number of hydrogen-bond donors (Lipinski definition) is 1. The SMILES string of the molecule is C=CCC1C(=O)N(c2cnn(Cc3c(C)noc3C)c2)C(=O)N1Cc1cccc(C(=O)O)c1. The Morgan fingerprint density at radius 1 is 1.27 bits per heavy atom. The minimum Gasteiger partial charge on any atom is -0.478 e. The molecule has 1 unspecified atom stereocenters. The lowest BCUT2D eigenvalue weighted by molar-refractivity contribution is -0.119. The van der Waals surface area contributed by atoms with E-state index in [1.165, 1.54) is 23.2 Å². The number of benzene rings is 1. The molecule has 4 rings (SSSR count). The van der Waals surface area contributed by atoms with Gasteiger partial charge in [-0.2, -0.15) is 5.10 Å². The van der Waals surface area contributed by atoms with Crippen LogP contribution in [-0.4, -0.2) is 48.9 Å². The third-order valence-corrected chi connectivity index (χ3v) is 5.61. The van der Waals surface area contributed by atoms with Gasteiger partial charge in [0.25, 0.3) is 5.91 Å². The van der Waals surface area contributed by atoms with E-state index in [2.05, 4.69) is 16.8 Å². The lowest BCUT2D eigenvalue weighted by Crippen LogP contribution is -2.34. The Kier molecular flexibility index (Phi) is 5.82. The van der Waals surface area contributed by atoms with Gasteiger partial charge in [0.05, 0.1) is 29.7 Å². The van der Waals surface area contributed by atoms with E-state index in [1.54, 1.807) is 29.1 Å². The van der Waals surface area contributed by atoms with Crippen LogP contribution in [0.15, 0.2) is 53.8 Å². The molecule has 0 saturated carbocycles. The van der Waals surface area contributed by atoms with Crippen LogP contribution in [0.2, 0.25) is 0 Å². The standard InChI is InChI=1S/C23H23N5O5/c1-4-6-20-21(29)28(18-10-24-26(12-18)13-19-14(2)25-33-15(19)3)23(32)27(20)11-16-7-5-8-17(9-16)22(30)31/h4-5,7-10,12,20H,1,6,11,13H2,2-3H3,(H,30,31). The van der Waals surface area contributed by atoms with Gasteiger partial charge in [-0.25, -0.2) is 14.5 Å². The summed E-state index contributed by atoms with van der Waals surface area (Å²) in [6.45, 7) is 7.83. The van der Waals surface area contributed by atoms with Crippen molar-refractivity contribution in [3.63, 3.8) is 0 Å². The summed E-state index contributed by atoms with van der Waals surface area (Å²) >= 11 is 0. The summed E-state index contributed by atoms with van der Waals surface area (Å²) in [6.07, 6.45) is 4.95. The number of carbonyl (C=O) groups excluding carboxylic acids is 2. The first-order valence-corrected chi connectivity index (χ1v) is 10.3. The van der Waals surface area contributed by atoms with Crippen molar-refractivity contribution in [2.24, 2.45) is 0 Å². The fourth-order valence-corrected chi connectivity index (χ4v) is 3.88. The molecular weight excluding hydrogens is 426 g/mol. The molecule has 1 N–H and O–H groups in total. The minimum absolute atomic E-state index is 0.0912. The maximum Gasteiger partial charge on any atom is 0.335 e. The van der Waals surface area contributed by atoms with Crippen molar-refractivity contribution in [1.82, 2.24) is 19.8 Å². The number of anilines is 1. The molecule has 0 aliphatic carbocycles. The third kappa shape index (κ3) is 4.14. The van der Waals surface area contributed by atoms with Gasteiger partial charge >= 0.3 is 12.0 Å². The van der Waals surface area contributed by atoms with E-state index < -0.39 is 18.0 Å². The molecule has 1 atom stereocenters. The van der Waals surface area contributed by atoms with E-state index in [-0.39, 0.29) is 24.4 Å². The zero-order chi connectivity index (χ0) is 23.7. The van der Waals surface area contributed by atoms with Crippen LogP contribution >= 0.6 is 0 Å². The smallest absolute Gasteiger partial charge is 0.335 e. The highest BCUT2D eigenvalue weighted by atomic mass is 16.5. The van der Waals surface area contributed by atoms with Crippen LogP contribution < -0.4 is 4.90 Å². The maximum absolute atomic E-state index is 13.3. The molecule has 0 bridgehead atoms. The van der Waals surface area contributed by atoms with E-state index in [9.17, 15) is 19.5 Å². The fraction of sp³-hybridized carbons (Fsp3) is 0.261. The molecule has 10 nitrogen and oxygen atoms in total. The molecule has 33 heavy (non-hydrogen) atoms. The number of imide groups is 1. The molecule has 1 saturated heterocycles. The Labute approximate surface area is 189 Å². The van der Waals surface area contributed by atoms with Crippen molar-refractivity contribution >= 4 is 23.6 Å². The van der Waals surface area contributed by atoms with Gasteiger partial charge in [-0.15, -0.1) is 6.58 Å². The zero-order valence-electron chi connectivity index (χ0n) is 18.3. The molecule has 1 aliphatic heterocycles. The van der Waals surface area contributed by atoms with Crippen molar-refractivity contribution in [3.8, 4) is 0 Å². The second-order valence-corrected chi connectivity index (χ2v) is 7.83. The second-order valence-electron chi connectivity index (χ2n) is 7.83. The fourth-order valence-electron chi connectivity index (χ4n) is 3.88. The molecule has 3 amide bonds. The molecular formula is C23H23N5O5. The highest BCUT2D eigenvalue weighted by Crippen LogP contribution is 2.29. The van der Waals surface area contributed by atoms with Gasteiger partial charge in [0.15, 0.2) is 0 Å². The predicted octanol–water partition coefficient (Wildman–Crippen LogP) is 3.15. The van der Waals surface area contributed by atoms with E-state index in [0.717, 1.165) is 16.2 Å². The number of carboxylic acid groups (broad SMARTS) is 1. The molecule has 1 fully saturated rings. The summed E-state index contributed by atoms with van der Waals surface area (Å²) in [5.74, 6) is -0.763. The van der Waals surface area contributed by atoms with Crippen molar-refractivity contribution < 1.29 is 24.0 Å². The van der Waals surface area contributed by atoms with Crippen LogP contribution in [0.3, 0.4) is 0 Å². The van der Waals surface area contributed by atoms with E-state index in [4.69, 9.17) is 4.52 Å². The highest BCUT2D eigenvalue weighted by molar-refractivity contribution is 6.21. The molecule has 1 aliphatic rings. The molecule has 0 radical (unpaired) electrons. The monoisotopic (exact) mass is 449 g/mol. The number of carbonyl (C=O) groups is 3. The number of aromatic carboxylic acids is 1. The number of aromatic nitrogens is 3. The molecule has 0 spiro atoms. The number of hydrogen-bond acceptors (Lipinski definition) is 6. The Morgan fingerprint density at radius 3 is 2.73 bits per heavy atom. The summed E-state index contributed by atoms with van der Waals surface area (Å²) in [4.78, 5) is 40.3. The number of urea groups is 1. The molecule has 3 aromatic rings. The van der Waals surface area contributed by atoms with Gasteiger partial charge in [-0.05, 0) is 38.0 Å². The van der Waals surface area contributed by atoms with Gasteiger partial charge in [0.1, 0.15) is 11.8 Å². The van der Waals surface area contributed by atoms with Crippen LogP contribution in [0.5, 0.6) is 0 Å². The third-order valence-electron chi connectivity index (χ3n) is 5.61. The number of aryl methyl sites for hydroxylation is 2. The van der Waals surface area contributed by atoms with E-state index in [0.29, 0.717) is 23.6 Å². The van der Waals surface area contributed by atoms with Crippen LogP contribution in [0.4, 0.5) is 10.5 Å². The van der Waals surface area contributed by atoms with Gasteiger partial charge in [-0.1, -0.05) is 23.4 Å². The Balaban J connectivity index is 1.60. The molecule has 170 valence electrons. The summed E-state index contributed by atoms with van der Waals surface area (Å²) in [5, 5.41) is 17.5. The first kappa shape index (κ1) is 22.0. The van der Waals surface area contributed by atoms with Gasteiger partial charge < -0.3 is 14.5 Å². The Bertz CT molecular complexity index is 1220. The molecule has 2 aromatic heterocycles. The topological polar surface area (TPSA) is 122 Å². The molecule has 10 heteroatoms. The normalized spacial score (nSPS) is 16.0. The first-order chi connectivity index (χ1) is 15.8. The average molecular weight is 449 g/mol. The first-order valence-electron chi connectivity index (χ1n) is 10.3. The molecule has 3 heterocycles. The number of carboxylic acids is 1. The highest BCUT2D eigenvalue weighted by Gasteiger charge is 2.45. The van der Waals surface area contributed by atoms with Gasteiger partial charge in [0.2, 0.25) is 0 Å². The Hall–Kier alpha value is -4.21. The largest absolute Gasteiger partial charge is 0.478 e. The van der Waals surface area contributed by atoms with Crippen molar-refractivity contribution in [2.75, 3.05) is 4.90 Å². The number of amides is 3. The summed E-state index contributed by atoms with van der Waals surface area (Å²) in [7, 11) is 0. The van der Waals surface area contributed by atoms with Crippen LogP contribution in [0, 0.1) is 13.8 Å². The maximum atomic E-state index is 13.3. The van der Waals surface area contributed by atoms with E-state index in [1.807, 2.05) is 13.8 Å². The quantitative estimate of drug-likeness (QED) is 0.414. The lowest BCUT2D eigenvalue weighted by Gasteiger charge is -2.21. The van der Waals surface area contributed by atoms with Gasteiger partial charge in [-0.3, -0.25) is 9.48 Å². The lowest BCUT2D eigenvalue weighted by atomic mass is 10.1. The van der Waals surface area contributed by atoms with E-state index >= 15 is 0 Å². The van der Waals surface area contributed by atoms with Crippen LogP contribution in [-0.2, 0) is 17.9 Å². The number of rotatable bonds is 8. The van der Waals surface area contributed by atoms with Crippen molar-refractivity contribution in [2.45, 2.75) is 39.4 Å². The summed E-state index contributed by atoms with van der Waals surface area (Å²) in [6, 6.07) is 5.07. The second kappa shape index (κ2) is 8.73. The van der Waals surface area contributed by atoms with Gasteiger partial charge in [0, 0.05) is 18.3 Å². The predicted molar refractivity (Wildman–Crippen MR) is 118 cm³/mol. The van der Waals surface area contributed by atoms with Crippen LogP contribution in [0.25, 0.3) is 0 Å². The molecule has 1 aromatic carbocycles.